The molecule has 6 atom stereocenters. The molecule has 0 bridgehead atoms. The van der Waals surface area contributed by atoms with E-state index < -0.39 is 18.4 Å². The number of carbonyl (C=O) groups excluding carboxylic acids is 2. The highest BCUT2D eigenvalue weighted by Gasteiger charge is 2.45. The Bertz CT molecular complexity index is 1580. The lowest BCUT2D eigenvalue weighted by atomic mass is 9.79. The van der Waals surface area contributed by atoms with Crippen LogP contribution in [-0.2, 0) is 37.0 Å². The lowest BCUT2D eigenvalue weighted by molar-refractivity contribution is -0.247. The van der Waals surface area contributed by atoms with Gasteiger partial charge in [-0.05, 0) is 49.4 Å². The molecular formula is C38H47NO8. The van der Waals surface area contributed by atoms with Gasteiger partial charge in [-0.1, -0.05) is 57.2 Å². The van der Waals surface area contributed by atoms with Gasteiger partial charge in [-0.3, -0.25) is 9.59 Å². The van der Waals surface area contributed by atoms with Crippen molar-refractivity contribution in [3.05, 3.63) is 82.4 Å². The molecule has 3 aromatic rings. The molecule has 1 unspecified atom stereocenters. The Kier molecular flexibility index (Phi) is 10.8. The minimum absolute atomic E-state index is 0.0162. The minimum atomic E-state index is -0.871. The average molecular weight is 646 g/mol. The predicted molar refractivity (Wildman–Crippen MR) is 179 cm³/mol. The van der Waals surface area contributed by atoms with Crippen molar-refractivity contribution in [2.75, 3.05) is 18.0 Å². The largest absolute Gasteiger partial charge is 0.461 e. The molecule has 0 spiro atoms. The summed E-state index contributed by atoms with van der Waals surface area (Å²) in [6.45, 7) is 14.7. The molecule has 2 heterocycles. The quantitative estimate of drug-likeness (QED) is 0.171. The number of benzene rings is 3. The van der Waals surface area contributed by atoms with Gasteiger partial charge in [-0.2, -0.15) is 0 Å². The lowest BCUT2D eigenvalue weighted by Crippen LogP contribution is -2.53. The summed E-state index contributed by atoms with van der Waals surface area (Å²) in [5, 5.41) is 10.9. The number of hydrogen-bond acceptors (Lipinski definition) is 9. The van der Waals surface area contributed by atoms with Gasteiger partial charge in [0.05, 0.1) is 18.3 Å². The maximum Gasteiger partial charge on any atom is 0.303 e. The molecular weight excluding hydrogens is 598 g/mol. The molecule has 1 fully saturated rings. The number of ether oxygens (including phenoxy) is 5. The van der Waals surface area contributed by atoms with E-state index in [-0.39, 0.29) is 43.0 Å². The first-order valence-corrected chi connectivity index (χ1v) is 16.6. The van der Waals surface area contributed by atoms with Crippen molar-refractivity contribution in [1.82, 2.24) is 0 Å². The topological polar surface area (TPSA) is 104 Å². The Morgan fingerprint density at radius 1 is 0.894 bits per heavy atom. The third kappa shape index (κ3) is 6.97. The summed E-state index contributed by atoms with van der Waals surface area (Å²) in [5.74, 6) is 0.641. The maximum atomic E-state index is 12.1. The van der Waals surface area contributed by atoms with Crippen molar-refractivity contribution in [1.29, 1.82) is 0 Å². The van der Waals surface area contributed by atoms with E-state index in [1.807, 2.05) is 49.4 Å². The zero-order valence-corrected chi connectivity index (χ0v) is 28.4. The standard InChI is InChI=1S/C38H47NO8/c1-8-32-22(4)23(5)36(44-25(7)42)38(46-32)47-33-18-17-30-35(28-14-12-11-13-26(28)21-43-24(6)41)29-16-15-27(39(9-2)10-3)19-34(29)45-37(30)31(33)20-40/h11-19,22-23,32,35-36,38,40H,8-10,20-21H2,1-7H3/t22-,23+,32-,35?,36-,38+/m1/s1. The zero-order valence-electron chi connectivity index (χ0n) is 28.4. The normalized spacial score (nSPS) is 23.1. The fourth-order valence-corrected chi connectivity index (χ4v) is 6.91. The molecule has 1 N–H and O–H groups in total. The van der Waals surface area contributed by atoms with Crippen LogP contribution in [0.15, 0.2) is 54.6 Å². The number of nitrogens with zero attached hydrogens (tertiary/aromatic N) is 1. The highest BCUT2D eigenvalue weighted by atomic mass is 16.7. The van der Waals surface area contributed by atoms with Crippen LogP contribution in [-0.4, -0.2) is 48.6 Å². The van der Waals surface area contributed by atoms with Crippen LogP contribution in [0.5, 0.6) is 17.2 Å². The highest BCUT2D eigenvalue weighted by Crippen LogP contribution is 2.52. The van der Waals surface area contributed by atoms with Crippen molar-refractivity contribution in [3.63, 3.8) is 0 Å². The van der Waals surface area contributed by atoms with Gasteiger partial charge in [0.15, 0.2) is 6.10 Å². The van der Waals surface area contributed by atoms with Gasteiger partial charge in [-0.25, -0.2) is 0 Å². The van der Waals surface area contributed by atoms with E-state index in [1.54, 1.807) is 0 Å². The molecule has 0 saturated carbocycles. The van der Waals surface area contributed by atoms with Crippen molar-refractivity contribution in [2.24, 2.45) is 11.8 Å². The van der Waals surface area contributed by atoms with E-state index in [4.69, 9.17) is 23.7 Å². The van der Waals surface area contributed by atoms with Crippen LogP contribution < -0.4 is 14.4 Å². The predicted octanol–water partition coefficient (Wildman–Crippen LogP) is 7.09. The van der Waals surface area contributed by atoms with E-state index >= 15 is 0 Å². The molecule has 47 heavy (non-hydrogen) atoms. The van der Waals surface area contributed by atoms with Crippen LogP contribution in [0.25, 0.3) is 0 Å². The van der Waals surface area contributed by atoms with E-state index in [2.05, 4.69) is 44.7 Å². The van der Waals surface area contributed by atoms with Crippen molar-refractivity contribution in [3.8, 4) is 17.2 Å². The van der Waals surface area contributed by atoms with Gasteiger partial charge in [0.25, 0.3) is 0 Å². The van der Waals surface area contributed by atoms with Crippen LogP contribution >= 0.6 is 0 Å². The van der Waals surface area contributed by atoms with Gasteiger partial charge < -0.3 is 33.7 Å². The van der Waals surface area contributed by atoms with E-state index in [0.29, 0.717) is 22.8 Å². The van der Waals surface area contributed by atoms with E-state index in [0.717, 1.165) is 47.5 Å². The number of aliphatic hydroxyl groups is 1. The number of carbonyl (C=O) groups is 2. The molecule has 9 nitrogen and oxygen atoms in total. The molecule has 0 amide bonds. The van der Waals surface area contributed by atoms with Crippen molar-refractivity contribution < 1.29 is 38.4 Å². The molecule has 0 aromatic heterocycles. The van der Waals surface area contributed by atoms with Crippen LogP contribution in [0.3, 0.4) is 0 Å². The van der Waals surface area contributed by atoms with Gasteiger partial charge in [0.2, 0.25) is 6.29 Å². The fraction of sp³-hybridized carbons (Fsp3) is 0.474. The van der Waals surface area contributed by atoms with Crippen LogP contribution in [0.4, 0.5) is 5.69 Å². The molecule has 2 aliphatic rings. The summed E-state index contributed by atoms with van der Waals surface area (Å²) in [5.41, 5.74) is 5.13. The fourth-order valence-electron chi connectivity index (χ4n) is 6.91. The van der Waals surface area contributed by atoms with Crippen LogP contribution in [0.1, 0.15) is 88.6 Å². The second-order valence-corrected chi connectivity index (χ2v) is 12.4. The summed E-state index contributed by atoms with van der Waals surface area (Å²) < 4.78 is 30.8. The minimum Gasteiger partial charge on any atom is -0.461 e. The molecule has 252 valence electrons. The summed E-state index contributed by atoms with van der Waals surface area (Å²) in [6, 6.07) is 17.9. The summed E-state index contributed by atoms with van der Waals surface area (Å²) in [7, 11) is 0. The Labute approximate surface area is 277 Å². The average Bonchev–Trinajstić information content (AvgIpc) is 3.06. The van der Waals surface area contributed by atoms with Gasteiger partial charge in [0, 0.05) is 61.7 Å². The first-order valence-electron chi connectivity index (χ1n) is 16.6. The lowest BCUT2D eigenvalue weighted by Gasteiger charge is -2.43. The van der Waals surface area contributed by atoms with Gasteiger partial charge in [0.1, 0.15) is 23.9 Å². The summed E-state index contributed by atoms with van der Waals surface area (Å²) in [4.78, 5) is 26.1. The molecule has 2 aliphatic heterocycles. The smallest absolute Gasteiger partial charge is 0.303 e. The second kappa shape index (κ2) is 14.8. The highest BCUT2D eigenvalue weighted by molar-refractivity contribution is 5.68. The SMILES string of the molecule is CC[C@H]1O[C@@H](Oc2ccc3c(c2CO)Oc2cc(N(CC)CC)ccc2C3c2ccccc2COC(C)=O)[C@H](OC(C)=O)[C@@H](C)[C@H]1C. The number of anilines is 1. The van der Waals surface area contributed by atoms with E-state index in [9.17, 15) is 14.7 Å². The van der Waals surface area contributed by atoms with Gasteiger partial charge in [-0.15, -0.1) is 0 Å². The first kappa shape index (κ1) is 34.3. The van der Waals surface area contributed by atoms with Crippen molar-refractivity contribution in [2.45, 2.75) is 92.5 Å². The third-order valence-corrected chi connectivity index (χ3v) is 9.62. The molecule has 9 heteroatoms. The molecule has 0 radical (unpaired) electrons. The number of rotatable bonds is 11. The Morgan fingerprint density at radius 2 is 1.62 bits per heavy atom. The maximum absolute atomic E-state index is 12.1. The summed E-state index contributed by atoms with van der Waals surface area (Å²) >= 11 is 0. The monoisotopic (exact) mass is 645 g/mol. The van der Waals surface area contributed by atoms with Crippen LogP contribution in [0.2, 0.25) is 0 Å². The molecule has 0 aliphatic carbocycles. The van der Waals surface area contributed by atoms with Crippen LogP contribution in [0, 0.1) is 11.8 Å². The number of aliphatic hydroxyl groups excluding tert-OH is 1. The Balaban J connectivity index is 1.63. The summed E-state index contributed by atoms with van der Waals surface area (Å²) in [6.07, 6.45) is -0.814. The molecule has 5 rings (SSSR count). The number of fused-ring (bicyclic) bond motifs is 2. The third-order valence-electron chi connectivity index (χ3n) is 9.62. The first-order chi connectivity index (χ1) is 22.6. The van der Waals surface area contributed by atoms with Crippen molar-refractivity contribution >= 4 is 17.6 Å². The van der Waals surface area contributed by atoms with E-state index in [1.165, 1.54) is 13.8 Å². The molecule has 1 saturated heterocycles. The van der Waals surface area contributed by atoms with Gasteiger partial charge >= 0.3 is 11.9 Å². The Hall–Kier alpha value is -4.08. The second-order valence-electron chi connectivity index (χ2n) is 12.4. The number of esters is 2. The zero-order chi connectivity index (χ0) is 33.8. The molecule has 3 aromatic carbocycles. The Morgan fingerprint density at radius 3 is 2.28 bits per heavy atom. The number of hydrogen-bond donors (Lipinski definition) is 1.